The highest BCUT2D eigenvalue weighted by Gasteiger charge is 2.12. The number of hydrogen-bond donors (Lipinski definition) is 2. The zero-order valence-electron chi connectivity index (χ0n) is 16.0. The van der Waals surface area contributed by atoms with Gasteiger partial charge < -0.3 is 24.8 Å². The first-order chi connectivity index (χ1) is 14.2. The number of anilines is 2. The lowest BCUT2D eigenvalue weighted by Crippen LogP contribution is -2.22. The van der Waals surface area contributed by atoms with Crippen LogP contribution in [0.5, 0.6) is 17.2 Å². The fraction of sp³-hybridized carbons (Fsp3) is 0.182. The third-order valence-electron chi connectivity index (χ3n) is 4.45. The third-order valence-corrected chi connectivity index (χ3v) is 4.45. The summed E-state index contributed by atoms with van der Waals surface area (Å²) in [4.78, 5) is 16.7. The number of amides is 1. The monoisotopic (exact) mass is 391 g/mol. The molecule has 148 valence electrons. The highest BCUT2D eigenvalue weighted by atomic mass is 16.6. The van der Waals surface area contributed by atoms with Crippen molar-refractivity contribution in [1.29, 1.82) is 0 Å². The van der Waals surface area contributed by atoms with E-state index < -0.39 is 0 Å². The van der Waals surface area contributed by atoms with Crippen molar-refractivity contribution < 1.29 is 19.0 Å². The van der Waals surface area contributed by atoms with E-state index in [-0.39, 0.29) is 5.91 Å². The van der Waals surface area contributed by atoms with Gasteiger partial charge in [-0.05, 0) is 42.0 Å². The van der Waals surface area contributed by atoms with Gasteiger partial charge in [0.25, 0.3) is 5.91 Å². The van der Waals surface area contributed by atoms with Crippen LogP contribution in [0.25, 0.3) is 0 Å². The van der Waals surface area contributed by atoms with E-state index in [4.69, 9.17) is 14.2 Å². The number of carbonyl (C=O) groups is 1. The van der Waals surface area contributed by atoms with E-state index in [1.54, 1.807) is 25.4 Å². The molecule has 29 heavy (non-hydrogen) atoms. The second-order valence-corrected chi connectivity index (χ2v) is 6.45. The van der Waals surface area contributed by atoms with E-state index in [1.165, 1.54) is 0 Å². The van der Waals surface area contributed by atoms with Crippen LogP contribution in [0.15, 0.2) is 60.8 Å². The fourth-order valence-corrected chi connectivity index (χ4v) is 2.90. The fourth-order valence-electron chi connectivity index (χ4n) is 2.90. The molecule has 0 fully saturated rings. The molecule has 0 aliphatic carbocycles. The molecule has 7 heteroatoms. The van der Waals surface area contributed by atoms with Crippen molar-refractivity contribution in [3.05, 3.63) is 71.9 Å². The Morgan fingerprint density at radius 3 is 2.55 bits per heavy atom. The normalized spacial score (nSPS) is 12.2. The second kappa shape index (κ2) is 8.52. The van der Waals surface area contributed by atoms with Gasteiger partial charge in [0.1, 0.15) is 24.8 Å². The van der Waals surface area contributed by atoms with Gasteiger partial charge in [0.15, 0.2) is 11.5 Å². The summed E-state index contributed by atoms with van der Waals surface area (Å²) in [6, 6.07) is 16.7. The van der Waals surface area contributed by atoms with E-state index in [0.29, 0.717) is 36.9 Å². The predicted octanol–water partition coefficient (Wildman–Crippen LogP) is 3.54. The molecule has 0 unspecified atom stereocenters. The number of pyridine rings is 1. The van der Waals surface area contributed by atoms with Gasteiger partial charge in [0.05, 0.1) is 12.7 Å². The molecule has 0 bridgehead atoms. The smallest absolute Gasteiger partial charge is 0.253 e. The first-order valence-electron chi connectivity index (χ1n) is 9.25. The van der Waals surface area contributed by atoms with E-state index in [9.17, 15) is 4.79 Å². The number of fused-ring (bicyclic) bond motifs is 1. The van der Waals surface area contributed by atoms with Gasteiger partial charge in [-0.2, -0.15) is 0 Å². The van der Waals surface area contributed by atoms with Crippen molar-refractivity contribution in [3.63, 3.8) is 0 Å². The van der Waals surface area contributed by atoms with E-state index >= 15 is 0 Å². The summed E-state index contributed by atoms with van der Waals surface area (Å²) in [6.07, 6.45) is 1.55. The van der Waals surface area contributed by atoms with Crippen LogP contribution in [-0.2, 0) is 6.54 Å². The molecule has 1 aromatic heterocycles. The molecule has 1 aliphatic heterocycles. The number of benzene rings is 2. The summed E-state index contributed by atoms with van der Waals surface area (Å²) < 4.78 is 16.2. The lowest BCUT2D eigenvalue weighted by Gasteiger charge is -2.19. The van der Waals surface area contributed by atoms with Crippen molar-refractivity contribution in [2.24, 2.45) is 0 Å². The Bertz CT molecular complexity index is 988. The molecule has 0 atom stereocenters. The summed E-state index contributed by atoms with van der Waals surface area (Å²) in [5.41, 5.74) is 2.31. The number of hydrogen-bond acceptors (Lipinski definition) is 6. The lowest BCUT2D eigenvalue weighted by molar-refractivity contribution is 0.0950. The second-order valence-electron chi connectivity index (χ2n) is 6.45. The standard InChI is InChI=1S/C22H21N3O4/c1-27-18-6-2-15(3-7-18)13-24-22(26)16-4-9-21(23-14-16)25-17-5-8-19-20(12-17)29-11-10-28-19/h2-9,12,14H,10-11,13H2,1H3,(H,23,25)(H,24,26). The van der Waals surface area contributed by atoms with Gasteiger partial charge in [0, 0.05) is 24.5 Å². The van der Waals surface area contributed by atoms with Crippen molar-refractivity contribution in [2.45, 2.75) is 6.54 Å². The van der Waals surface area contributed by atoms with Gasteiger partial charge in [0.2, 0.25) is 0 Å². The number of ether oxygens (including phenoxy) is 3. The Kier molecular flexibility index (Phi) is 5.47. The molecule has 2 heterocycles. The van der Waals surface area contributed by atoms with Crippen LogP contribution >= 0.6 is 0 Å². The Hall–Kier alpha value is -3.74. The summed E-state index contributed by atoms with van der Waals surface area (Å²) in [6.45, 7) is 1.53. The molecule has 1 amide bonds. The van der Waals surface area contributed by atoms with Crippen LogP contribution in [-0.4, -0.2) is 31.2 Å². The lowest BCUT2D eigenvalue weighted by atomic mass is 10.2. The Morgan fingerprint density at radius 1 is 1.03 bits per heavy atom. The van der Waals surface area contributed by atoms with Gasteiger partial charge in [-0.3, -0.25) is 4.79 Å². The summed E-state index contributed by atoms with van der Waals surface area (Å²) >= 11 is 0. The summed E-state index contributed by atoms with van der Waals surface area (Å²) in [7, 11) is 1.62. The number of nitrogens with one attached hydrogen (secondary N) is 2. The van der Waals surface area contributed by atoms with Crippen LogP contribution in [0.1, 0.15) is 15.9 Å². The average Bonchev–Trinajstić information content (AvgIpc) is 2.78. The Balaban J connectivity index is 1.35. The highest BCUT2D eigenvalue weighted by Crippen LogP contribution is 2.33. The number of aromatic nitrogens is 1. The summed E-state index contributed by atoms with van der Waals surface area (Å²) in [5, 5.41) is 6.08. The van der Waals surface area contributed by atoms with E-state index in [2.05, 4.69) is 15.6 Å². The predicted molar refractivity (Wildman–Crippen MR) is 109 cm³/mol. The molecule has 1 aliphatic rings. The minimum atomic E-state index is -0.181. The topological polar surface area (TPSA) is 81.7 Å². The Labute approximate surface area is 168 Å². The van der Waals surface area contributed by atoms with Crippen molar-refractivity contribution in [3.8, 4) is 17.2 Å². The summed E-state index contributed by atoms with van der Waals surface area (Å²) in [5.74, 6) is 2.67. The molecule has 0 spiro atoms. The van der Waals surface area contributed by atoms with Crippen molar-refractivity contribution in [1.82, 2.24) is 10.3 Å². The molecule has 0 saturated carbocycles. The molecule has 0 saturated heterocycles. The highest BCUT2D eigenvalue weighted by molar-refractivity contribution is 5.94. The minimum absolute atomic E-state index is 0.181. The number of rotatable bonds is 6. The first kappa shape index (κ1) is 18.6. The molecular formula is C22H21N3O4. The molecule has 2 N–H and O–H groups in total. The van der Waals surface area contributed by atoms with Crippen LogP contribution in [0, 0.1) is 0 Å². The molecule has 4 rings (SSSR count). The maximum absolute atomic E-state index is 12.3. The van der Waals surface area contributed by atoms with Gasteiger partial charge in [-0.15, -0.1) is 0 Å². The average molecular weight is 391 g/mol. The van der Waals surface area contributed by atoms with Crippen LogP contribution < -0.4 is 24.8 Å². The quantitative estimate of drug-likeness (QED) is 0.669. The number of nitrogens with zero attached hydrogens (tertiary/aromatic N) is 1. The molecule has 0 radical (unpaired) electrons. The van der Waals surface area contributed by atoms with Crippen molar-refractivity contribution >= 4 is 17.4 Å². The van der Waals surface area contributed by atoms with E-state index in [1.807, 2.05) is 42.5 Å². The van der Waals surface area contributed by atoms with Gasteiger partial charge in [-0.1, -0.05) is 12.1 Å². The van der Waals surface area contributed by atoms with Gasteiger partial charge in [-0.25, -0.2) is 4.98 Å². The molecular weight excluding hydrogens is 370 g/mol. The zero-order chi connectivity index (χ0) is 20.1. The zero-order valence-corrected chi connectivity index (χ0v) is 16.0. The Morgan fingerprint density at radius 2 is 1.83 bits per heavy atom. The molecule has 3 aromatic rings. The maximum atomic E-state index is 12.3. The van der Waals surface area contributed by atoms with Crippen LogP contribution in [0.2, 0.25) is 0 Å². The first-order valence-corrected chi connectivity index (χ1v) is 9.25. The van der Waals surface area contributed by atoms with Crippen LogP contribution in [0.3, 0.4) is 0 Å². The third kappa shape index (κ3) is 4.57. The maximum Gasteiger partial charge on any atom is 0.253 e. The number of methoxy groups -OCH3 is 1. The minimum Gasteiger partial charge on any atom is -0.497 e. The van der Waals surface area contributed by atoms with E-state index in [0.717, 1.165) is 22.7 Å². The SMILES string of the molecule is COc1ccc(CNC(=O)c2ccc(Nc3ccc4c(c3)OCCO4)nc2)cc1. The van der Waals surface area contributed by atoms with Crippen molar-refractivity contribution in [2.75, 3.05) is 25.6 Å². The van der Waals surface area contributed by atoms with Gasteiger partial charge >= 0.3 is 0 Å². The molecule has 7 nitrogen and oxygen atoms in total. The number of carbonyl (C=O) groups excluding carboxylic acids is 1. The van der Waals surface area contributed by atoms with Crippen LogP contribution in [0.4, 0.5) is 11.5 Å². The molecule has 2 aromatic carbocycles. The largest absolute Gasteiger partial charge is 0.497 e.